The van der Waals surface area contributed by atoms with Gasteiger partial charge in [0.1, 0.15) is 0 Å². The number of carbonyl (C=O) groups is 2. The van der Waals surface area contributed by atoms with Crippen LogP contribution in [0.25, 0.3) is 10.9 Å². The van der Waals surface area contributed by atoms with E-state index in [-0.39, 0.29) is 0 Å². The minimum atomic E-state index is -0.731. The van der Waals surface area contributed by atoms with Gasteiger partial charge in [0.05, 0.1) is 15.6 Å². The van der Waals surface area contributed by atoms with Crippen LogP contribution in [0.1, 0.15) is 15.9 Å². The highest BCUT2D eigenvalue weighted by atomic mass is 35.5. The van der Waals surface area contributed by atoms with E-state index in [2.05, 4.69) is 5.32 Å². The largest absolute Gasteiger partial charge is 0.342 e. The van der Waals surface area contributed by atoms with E-state index < -0.39 is 11.7 Å². The van der Waals surface area contributed by atoms with Crippen molar-refractivity contribution in [3.63, 3.8) is 0 Å². The molecule has 4 nitrogen and oxygen atoms in total. The Hall–Kier alpha value is -3.08. The van der Waals surface area contributed by atoms with Crippen LogP contribution in [0, 0.1) is 0 Å². The fraction of sp³-hybridized carbons (Fsp3) is 0.0435. The Bertz CT molecular complexity index is 1220. The molecule has 29 heavy (non-hydrogen) atoms. The third kappa shape index (κ3) is 4.04. The predicted molar refractivity (Wildman–Crippen MR) is 117 cm³/mol. The number of anilines is 1. The average Bonchev–Trinajstić information content (AvgIpc) is 3.09. The van der Waals surface area contributed by atoms with Gasteiger partial charge in [-0.1, -0.05) is 71.7 Å². The van der Waals surface area contributed by atoms with Crippen molar-refractivity contribution in [3.8, 4) is 0 Å². The highest BCUT2D eigenvalue weighted by molar-refractivity contribution is 6.48. The van der Waals surface area contributed by atoms with Gasteiger partial charge in [0.25, 0.3) is 11.7 Å². The summed E-state index contributed by atoms with van der Waals surface area (Å²) in [6.07, 6.45) is 1.73. The highest BCUT2D eigenvalue weighted by Crippen LogP contribution is 2.26. The van der Waals surface area contributed by atoms with Crippen LogP contribution in [0.3, 0.4) is 0 Å². The van der Waals surface area contributed by atoms with Crippen LogP contribution in [-0.2, 0) is 11.3 Å². The number of hydrogen-bond donors (Lipinski definition) is 1. The number of rotatable bonds is 5. The molecule has 0 saturated carbocycles. The molecule has 0 atom stereocenters. The van der Waals surface area contributed by atoms with Gasteiger partial charge in [0.15, 0.2) is 0 Å². The molecule has 144 valence electrons. The normalized spacial score (nSPS) is 10.8. The van der Waals surface area contributed by atoms with Crippen LogP contribution in [0.4, 0.5) is 5.69 Å². The van der Waals surface area contributed by atoms with Crippen molar-refractivity contribution in [1.29, 1.82) is 0 Å². The zero-order chi connectivity index (χ0) is 20.4. The summed E-state index contributed by atoms with van der Waals surface area (Å²) in [5.74, 6) is -1.34. The van der Waals surface area contributed by atoms with E-state index in [1.807, 2.05) is 59.2 Å². The van der Waals surface area contributed by atoms with Gasteiger partial charge >= 0.3 is 0 Å². The minimum absolute atomic E-state index is 0.302. The van der Waals surface area contributed by atoms with Gasteiger partial charge in [0.2, 0.25) is 0 Å². The van der Waals surface area contributed by atoms with E-state index in [1.165, 1.54) is 6.07 Å². The third-order valence-electron chi connectivity index (χ3n) is 4.61. The molecule has 0 aliphatic heterocycles. The zero-order valence-corrected chi connectivity index (χ0v) is 16.7. The molecule has 1 amide bonds. The number of halogens is 2. The quantitative estimate of drug-likeness (QED) is 0.325. The van der Waals surface area contributed by atoms with Crippen molar-refractivity contribution in [2.45, 2.75) is 6.54 Å². The van der Waals surface area contributed by atoms with Gasteiger partial charge in [-0.2, -0.15) is 0 Å². The van der Waals surface area contributed by atoms with Crippen molar-refractivity contribution < 1.29 is 9.59 Å². The fourth-order valence-electron chi connectivity index (χ4n) is 3.22. The third-order valence-corrected chi connectivity index (χ3v) is 5.35. The lowest BCUT2D eigenvalue weighted by Crippen LogP contribution is -2.22. The highest BCUT2D eigenvalue weighted by Gasteiger charge is 2.22. The lowest BCUT2D eigenvalue weighted by atomic mass is 10.1. The number of nitrogens with one attached hydrogen (secondary N) is 1. The predicted octanol–water partition coefficient (Wildman–Crippen LogP) is 5.82. The van der Waals surface area contributed by atoms with E-state index >= 15 is 0 Å². The number of nitrogens with zero attached hydrogens (tertiary/aromatic N) is 1. The second kappa shape index (κ2) is 8.11. The zero-order valence-electron chi connectivity index (χ0n) is 15.2. The summed E-state index contributed by atoms with van der Waals surface area (Å²) in [5, 5.41) is 4.00. The Morgan fingerprint density at radius 3 is 2.34 bits per heavy atom. The Kier molecular flexibility index (Phi) is 5.38. The van der Waals surface area contributed by atoms with E-state index in [0.29, 0.717) is 27.8 Å². The number of para-hydroxylation sites is 1. The van der Waals surface area contributed by atoms with Gasteiger partial charge in [-0.3, -0.25) is 9.59 Å². The molecule has 4 rings (SSSR count). The number of Topliss-reactive ketones (excluding diaryl/α,β-unsaturated/α-hetero) is 1. The van der Waals surface area contributed by atoms with Crippen molar-refractivity contribution in [3.05, 3.63) is 100 Å². The van der Waals surface area contributed by atoms with Crippen LogP contribution in [0.2, 0.25) is 10.0 Å². The van der Waals surface area contributed by atoms with Gasteiger partial charge in [-0.05, 0) is 29.8 Å². The number of hydrogen-bond acceptors (Lipinski definition) is 2. The number of aromatic nitrogens is 1. The van der Waals surface area contributed by atoms with Crippen molar-refractivity contribution in [2.24, 2.45) is 0 Å². The molecular weight excluding hydrogens is 407 g/mol. The molecule has 4 aromatic rings. The molecule has 0 aliphatic carbocycles. The molecule has 0 saturated heterocycles. The smallest absolute Gasteiger partial charge is 0.296 e. The maximum absolute atomic E-state index is 12.9. The van der Waals surface area contributed by atoms with E-state index in [9.17, 15) is 9.59 Å². The van der Waals surface area contributed by atoms with Gasteiger partial charge in [-0.15, -0.1) is 0 Å². The lowest BCUT2D eigenvalue weighted by Gasteiger charge is -2.05. The minimum Gasteiger partial charge on any atom is -0.342 e. The van der Waals surface area contributed by atoms with Gasteiger partial charge in [0, 0.05) is 29.3 Å². The number of carbonyl (C=O) groups excluding carboxylic acids is 2. The molecular formula is C23H16Cl2N2O2. The van der Waals surface area contributed by atoms with Crippen LogP contribution < -0.4 is 5.32 Å². The summed E-state index contributed by atoms with van der Waals surface area (Å²) in [6, 6.07) is 22.1. The summed E-state index contributed by atoms with van der Waals surface area (Å²) in [4.78, 5) is 25.5. The number of ketones is 1. The van der Waals surface area contributed by atoms with E-state index in [0.717, 1.165) is 16.5 Å². The molecule has 1 N–H and O–H groups in total. The van der Waals surface area contributed by atoms with Crippen molar-refractivity contribution >= 4 is 51.5 Å². The molecule has 0 unspecified atom stereocenters. The SMILES string of the molecule is O=C(Nc1ccc(Cl)c(Cl)c1)C(=O)c1cn(Cc2ccccc2)c2ccccc12. The first-order chi connectivity index (χ1) is 14.0. The molecule has 0 aliphatic rings. The molecule has 0 radical (unpaired) electrons. The van der Waals surface area contributed by atoms with Crippen LogP contribution in [0.15, 0.2) is 79.0 Å². The summed E-state index contributed by atoms with van der Waals surface area (Å²) < 4.78 is 1.98. The Balaban J connectivity index is 1.65. The first-order valence-corrected chi connectivity index (χ1v) is 9.71. The molecule has 6 heteroatoms. The molecule has 0 bridgehead atoms. The van der Waals surface area contributed by atoms with Crippen LogP contribution in [0.5, 0.6) is 0 Å². The standard InChI is InChI=1S/C23H16Cl2N2O2/c24-19-11-10-16(12-20(19)25)26-23(29)22(28)18-14-27(13-15-6-2-1-3-7-15)21-9-5-4-8-17(18)21/h1-12,14H,13H2,(H,26,29). The lowest BCUT2D eigenvalue weighted by molar-refractivity contribution is -0.112. The molecule has 3 aromatic carbocycles. The van der Waals surface area contributed by atoms with Crippen molar-refractivity contribution in [2.75, 3.05) is 5.32 Å². The fourth-order valence-corrected chi connectivity index (χ4v) is 3.52. The maximum atomic E-state index is 12.9. The average molecular weight is 423 g/mol. The Labute approximate surface area is 177 Å². The first kappa shape index (κ1) is 19.2. The van der Waals surface area contributed by atoms with E-state index in [4.69, 9.17) is 23.2 Å². The summed E-state index contributed by atoms with van der Waals surface area (Å²) in [7, 11) is 0. The molecule has 0 fully saturated rings. The Morgan fingerprint density at radius 1 is 0.862 bits per heavy atom. The topological polar surface area (TPSA) is 51.1 Å². The summed E-state index contributed by atoms with van der Waals surface area (Å²) >= 11 is 11.9. The Morgan fingerprint density at radius 2 is 1.59 bits per heavy atom. The van der Waals surface area contributed by atoms with Crippen molar-refractivity contribution in [1.82, 2.24) is 4.57 Å². The second-order valence-corrected chi connectivity index (χ2v) is 7.40. The second-order valence-electron chi connectivity index (χ2n) is 6.59. The maximum Gasteiger partial charge on any atom is 0.296 e. The number of fused-ring (bicyclic) bond motifs is 1. The molecule has 1 aromatic heterocycles. The van der Waals surface area contributed by atoms with Crippen LogP contribution in [-0.4, -0.2) is 16.3 Å². The summed E-state index contributed by atoms with van der Waals surface area (Å²) in [6.45, 7) is 0.600. The molecule has 0 spiro atoms. The van der Waals surface area contributed by atoms with Gasteiger partial charge < -0.3 is 9.88 Å². The summed E-state index contributed by atoms with van der Waals surface area (Å²) in [5.41, 5.74) is 2.76. The van der Waals surface area contributed by atoms with E-state index in [1.54, 1.807) is 18.3 Å². The van der Waals surface area contributed by atoms with Crippen LogP contribution >= 0.6 is 23.2 Å². The van der Waals surface area contributed by atoms with Gasteiger partial charge in [-0.25, -0.2) is 0 Å². The number of amides is 1. The number of benzene rings is 3. The monoisotopic (exact) mass is 422 g/mol. The molecule has 1 heterocycles. The first-order valence-electron chi connectivity index (χ1n) is 8.95.